The van der Waals surface area contributed by atoms with Gasteiger partial charge in [-0.2, -0.15) is 0 Å². The van der Waals surface area contributed by atoms with E-state index in [-0.39, 0.29) is 23.9 Å². The van der Waals surface area contributed by atoms with Crippen LogP contribution in [0, 0.1) is 5.92 Å². The van der Waals surface area contributed by atoms with Gasteiger partial charge < -0.3 is 16.0 Å². The first kappa shape index (κ1) is 21.3. The van der Waals surface area contributed by atoms with Crippen molar-refractivity contribution in [1.29, 1.82) is 0 Å². The highest BCUT2D eigenvalue weighted by atomic mass is 32.1. The van der Waals surface area contributed by atoms with E-state index in [0.29, 0.717) is 26.1 Å². The minimum atomic E-state index is -0.383. The van der Waals surface area contributed by atoms with Crippen LogP contribution in [0.2, 0.25) is 0 Å². The average molecular weight is 407 g/mol. The number of rotatable bonds is 8. The van der Waals surface area contributed by atoms with E-state index in [1.54, 1.807) is 23.2 Å². The largest absolute Gasteiger partial charge is 0.353 e. The highest BCUT2D eigenvalue weighted by Crippen LogP contribution is 2.30. The van der Waals surface area contributed by atoms with Crippen LogP contribution in [0.5, 0.6) is 0 Å². The van der Waals surface area contributed by atoms with Gasteiger partial charge in [-0.05, 0) is 36.6 Å². The number of amides is 2. The molecule has 1 saturated carbocycles. The van der Waals surface area contributed by atoms with E-state index >= 15 is 0 Å². The summed E-state index contributed by atoms with van der Waals surface area (Å²) in [5.41, 5.74) is 5.52. The van der Waals surface area contributed by atoms with Crippen LogP contribution < -0.4 is 11.1 Å². The van der Waals surface area contributed by atoms with Crippen LogP contribution in [0.1, 0.15) is 50.3 Å². The molecule has 1 aromatic heterocycles. The maximum Gasteiger partial charge on any atom is 0.242 e. The lowest BCUT2D eigenvalue weighted by Gasteiger charge is -2.33. The maximum atomic E-state index is 12.6. The third kappa shape index (κ3) is 5.55. The summed E-state index contributed by atoms with van der Waals surface area (Å²) in [4.78, 5) is 30.5. The molecular weight excluding hydrogens is 372 g/mol. The molecule has 1 saturated heterocycles. The number of likely N-dealkylation sites (tertiary alicyclic amines) is 1. The summed E-state index contributed by atoms with van der Waals surface area (Å²) in [7, 11) is 0. The number of nitrogens with zero attached hydrogens (tertiary/aromatic N) is 2. The molecule has 28 heavy (non-hydrogen) atoms. The number of nitrogens with one attached hydrogen (secondary N) is 1. The Bertz CT molecular complexity index is 630. The molecule has 3 rings (SSSR count). The molecule has 7 heteroatoms. The summed E-state index contributed by atoms with van der Waals surface area (Å²) < 4.78 is 0. The van der Waals surface area contributed by atoms with Crippen molar-refractivity contribution in [1.82, 2.24) is 15.1 Å². The summed E-state index contributed by atoms with van der Waals surface area (Å²) >= 11 is 1.78. The fourth-order valence-corrected chi connectivity index (χ4v) is 5.36. The van der Waals surface area contributed by atoms with E-state index in [4.69, 9.17) is 5.73 Å². The van der Waals surface area contributed by atoms with Crippen LogP contribution in [0.15, 0.2) is 17.5 Å². The molecule has 6 nitrogen and oxygen atoms in total. The Hall–Kier alpha value is -1.44. The molecule has 1 aliphatic heterocycles. The maximum absolute atomic E-state index is 12.6. The van der Waals surface area contributed by atoms with Crippen LogP contribution in [-0.2, 0) is 16.1 Å². The van der Waals surface area contributed by atoms with E-state index in [9.17, 15) is 9.59 Å². The van der Waals surface area contributed by atoms with Crippen LogP contribution in [0.25, 0.3) is 0 Å². The predicted octanol–water partition coefficient (Wildman–Crippen LogP) is 2.19. The van der Waals surface area contributed by atoms with E-state index < -0.39 is 0 Å². The van der Waals surface area contributed by atoms with E-state index in [2.05, 4.69) is 27.7 Å². The molecule has 2 atom stereocenters. The molecule has 0 spiro atoms. The van der Waals surface area contributed by atoms with Gasteiger partial charge >= 0.3 is 0 Å². The number of hydrogen-bond acceptors (Lipinski definition) is 5. The molecule has 2 fully saturated rings. The first-order valence-corrected chi connectivity index (χ1v) is 11.5. The molecule has 0 aromatic carbocycles. The van der Waals surface area contributed by atoms with Crippen molar-refractivity contribution in [2.24, 2.45) is 11.7 Å². The van der Waals surface area contributed by atoms with Crippen molar-refractivity contribution in [2.75, 3.05) is 26.2 Å². The van der Waals surface area contributed by atoms with Crippen LogP contribution in [0.3, 0.4) is 0 Å². The monoisotopic (exact) mass is 406 g/mol. The lowest BCUT2D eigenvalue weighted by Crippen LogP contribution is -2.46. The Kier molecular flexibility index (Phi) is 7.88. The van der Waals surface area contributed by atoms with Gasteiger partial charge in [0.1, 0.15) is 6.04 Å². The number of thiophene rings is 1. The molecule has 2 unspecified atom stereocenters. The topological polar surface area (TPSA) is 78.7 Å². The van der Waals surface area contributed by atoms with Crippen LogP contribution in [-0.4, -0.2) is 59.9 Å². The first-order valence-electron chi connectivity index (χ1n) is 10.6. The second-order valence-electron chi connectivity index (χ2n) is 8.17. The smallest absolute Gasteiger partial charge is 0.242 e. The number of nitrogens with two attached hydrogens (primary N) is 1. The number of carbonyl (C=O) groups is 2. The quantitative estimate of drug-likeness (QED) is 0.694. The highest BCUT2D eigenvalue weighted by Gasteiger charge is 2.41. The molecule has 1 aliphatic carbocycles. The Morgan fingerprint density at radius 3 is 2.75 bits per heavy atom. The lowest BCUT2D eigenvalue weighted by molar-refractivity contribution is -0.136. The second-order valence-corrected chi connectivity index (χ2v) is 9.20. The standard InChI is InChI=1S/C21H34N4O2S/c1-16(26)25-14-18(12-20(25)21(27)23-10-9-22)24(15-19-8-5-11-28-19)13-17-6-3-2-4-7-17/h5,8,11,17-18,20H,2-4,6-7,9-10,12-15,22H2,1H3,(H,23,27). The van der Waals surface area contributed by atoms with Crippen molar-refractivity contribution in [3.63, 3.8) is 0 Å². The van der Waals surface area contributed by atoms with Crippen LogP contribution >= 0.6 is 11.3 Å². The SMILES string of the molecule is CC(=O)N1CC(N(Cc2cccs2)CC2CCCCC2)CC1C(=O)NCCN. The molecule has 2 amide bonds. The minimum Gasteiger partial charge on any atom is -0.353 e. The zero-order valence-corrected chi connectivity index (χ0v) is 17.8. The molecule has 0 bridgehead atoms. The van der Waals surface area contributed by atoms with E-state index in [1.165, 1.54) is 37.0 Å². The van der Waals surface area contributed by atoms with Gasteiger partial charge in [0.05, 0.1) is 0 Å². The molecule has 1 aromatic rings. The van der Waals surface area contributed by atoms with E-state index in [0.717, 1.165) is 19.0 Å². The first-order chi connectivity index (χ1) is 13.6. The average Bonchev–Trinajstić information content (AvgIpc) is 3.36. The summed E-state index contributed by atoms with van der Waals surface area (Å²) in [5, 5.41) is 4.99. The summed E-state index contributed by atoms with van der Waals surface area (Å²) in [6.45, 7) is 5.03. The third-order valence-corrected chi connectivity index (χ3v) is 6.96. The number of hydrogen-bond donors (Lipinski definition) is 2. The molecular formula is C21H34N4O2S. The Balaban J connectivity index is 1.72. The van der Waals surface area contributed by atoms with Gasteiger partial charge in [0.15, 0.2) is 0 Å². The van der Waals surface area contributed by atoms with E-state index in [1.807, 2.05) is 0 Å². The molecule has 2 heterocycles. The lowest BCUT2D eigenvalue weighted by atomic mass is 9.88. The molecule has 156 valence electrons. The summed E-state index contributed by atoms with van der Waals surface area (Å²) in [6, 6.07) is 4.12. The van der Waals surface area contributed by atoms with Crippen molar-refractivity contribution >= 4 is 23.2 Å². The highest BCUT2D eigenvalue weighted by molar-refractivity contribution is 7.09. The number of carbonyl (C=O) groups excluding carboxylic acids is 2. The van der Waals surface area contributed by atoms with Crippen molar-refractivity contribution in [3.05, 3.63) is 22.4 Å². The molecule has 2 aliphatic rings. The zero-order chi connectivity index (χ0) is 19.9. The minimum absolute atomic E-state index is 0.0239. The van der Waals surface area contributed by atoms with Crippen molar-refractivity contribution in [2.45, 2.75) is 64.1 Å². The third-order valence-electron chi connectivity index (χ3n) is 6.10. The molecule has 0 radical (unpaired) electrons. The van der Waals surface area contributed by atoms with Gasteiger partial charge in [0, 0.05) is 50.6 Å². The molecule has 3 N–H and O–H groups in total. The summed E-state index contributed by atoms with van der Waals surface area (Å²) in [5.74, 6) is 0.630. The normalized spacial score (nSPS) is 23.3. The van der Waals surface area contributed by atoms with Gasteiger partial charge in [-0.15, -0.1) is 11.3 Å². The van der Waals surface area contributed by atoms with Gasteiger partial charge in [0.2, 0.25) is 11.8 Å². The van der Waals surface area contributed by atoms with Crippen LogP contribution in [0.4, 0.5) is 0 Å². The van der Waals surface area contributed by atoms with Gasteiger partial charge in [-0.25, -0.2) is 0 Å². The zero-order valence-electron chi connectivity index (χ0n) is 16.9. The Morgan fingerprint density at radius 2 is 2.11 bits per heavy atom. The van der Waals surface area contributed by atoms with Gasteiger partial charge in [-0.3, -0.25) is 14.5 Å². The fraction of sp³-hybridized carbons (Fsp3) is 0.714. The summed E-state index contributed by atoms with van der Waals surface area (Å²) in [6.07, 6.45) is 7.30. The predicted molar refractivity (Wildman–Crippen MR) is 113 cm³/mol. The fourth-order valence-electron chi connectivity index (χ4n) is 4.63. The Labute approximate surface area is 172 Å². The van der Waals surface area contributed by atoms with Gasteiger partial charge in [-0.1, -0.05) is 25.3 Å². The van der Waals surface area contributed by atoms with Crippen molar-refractivity contribution in [3.8, 4) is 0 Å². The Morgan fingerprint density at radius 1 is 1.32 bits per heavy atom. The second kappa shape index (κ2) is 10.4. The van der Waals surface area contributed by atoms with Crippen molar-refractivity contribution < 1.29 is 9.59 Å². The van der Waals surface area contributed by atoms with Gasteiger partial charge in [0.25, 0.3) is 0 Å².